The van der Waals surface area contributed by atoms with E-state index in [2.05, 4.69) is 11.6 Å². The molecule has 0 aromatic rings. The third-order valence-corrected chi connectivity index (χ3v) is 4.77. The molecule has 0 unspecified atom stereocenters. The first-order valence-corrected chi connectivity index (χ1v) is 11.8. The van der Waals surface area contributed by atoms with E-state index in [0.29, 0.717) is 0 Å². The van der Waals surface area contributed by atoms with E-state index in [1.165, 1.54) is 0 Å². The summed E-state index contributed by atoms with van der Waals surface area (Å²) in [5.41, 5.74) is 0. The van der Waals surface area contributed by atoms with Crippen LogP contribution in [0, 0.1) is 0 Å². The van der Waals surface area contributed by atoms with Crippen LogP contribution in [0.3, 0.4) is 0 Å². The molecule has 0 fully saturated rings. The predicted octanol–water partition coefficient (Wildman–Crippen LogP) is -7.19. The van der Waals surface area contributed by atoms with Crippen LogP contribution in [0.2, 0.25) is 0 Å². The Morgan fingerprint density at radius 3 is 0.654 bits per heavy atom. The fourth-order valence-corrected chi connectivity index (χ4v) is 2.43. The van der Waals surface area contributed by atoms with Gasteiger partial charge in [0, 0.05) is 0 Å². The fourth-order valence-electron chi connectivity index (χ4n) is 0.270. The molecule has 0 atom stereocenters. The molecular formula is H10AlNaO18S3Si3. The summed E-state index contributed by atoms with van der Waals surface area (Å²) in [5.74, 6) is 0. The molecule has 26 heteroatoms. The van der Waals surface area contributed by atoms with E-state index >= 15 is 0 Å². The second-order valence-electron chi connectivity index (χ2n) is 2.33. The van der Waals surface area contributed by atoms with E-state index in [1.807, 2.05) is 0 Å². The Morgan fingerprint density at radius 2 is 0.654 bits per heavy atom. The quantitative estimate of drug-likeness (QED) is 0.138. The van der Waals surface area contributed by atoms with Crippen molar-refractivity contribution in [3.63, 3.8) is 0 Å². The Balaban J connectivity index is -0.0000000817. The van der Waals surface area contributed by atoms with Crippen LogP contribution in [0.5, 0.6) is 0 Å². The first-order valence-electron chi connectivity index (χ1n) is 3.94. The summed E-state index contributed by atoms with van der Waals surface area (Å²) in [7, 11) is -25.0. The van der Waals surface area contributed by atoms with Crippen LogP contribution >= 0.6 is 0 Å². The van der Waals surface area contributed by atoms with E-state index in [4.69, 9.17) is 28.0 Å². The Hall–Kier alpha value is 0.113. The number of hydrogen-bond donors (Lipinski definition) is 6. The van der Waals surface area contributed by atoms with Crippen LogP contribution in [-0.2, 0) is 56.2 Å². The van der Waals surface area contributed by atoms with Gasteiger partial charge in [0.2, 0.25) is 0 Å². The SMILES string of the molecule is O=[Si](O)OS(=O)(=O)O.O=[Si](O)OS(=O)(=O)O.O=[Si](O)OS(=O)(=O)O.[AlH3].[NaH]. The van der Waals surface area contributed by atoms with E-state index in [-0.39, 0.29) is 46.9 Å². The molecule has 0 amide bonds. The molecule has 0 aromatic carbocycles. The van der Waals surface area contributed by atoms with Crippen molar-refractivity contribution in [3.05, 3.63) is 0 Å². The summed E-state index contributed by atoms with van der Waals surface area (Å²) in [6, 6.07) is 0. The van der Waals surface area contributed by atoms with Gasteiger partial charge in [-0.1, -0.05) is 0 Å². The van der Waals surface area contributed by atoms with Crippen molar-refractivity contribution in [1.82, 2.24) is 0 Å². The zero-order valence-corrected chi connectivity index (χ0v) is 15.8. The van der Waals surface area contributed by atoms with Gasteiger partial charge in [0.15, 0.2) is 17.4 Å². The van der Waals surface area contributed by atoms with Gasteiger partial charge in [-0.05, 0) is 0 Å². The Labute approximate surface area is 182 Å². The van der Waals surface area contributed by atoms with Gasteiger partial charge < -0.3 is 26.0 Å². The molecule has 6 N–H and O–H groups in total. The zero-order valence-electron chi connectivity index (χ0n) is 10.3. The average Bonchev–Trinajstić information content (AvgIpc) is 2.04. The molecule has 0 bridgehead atoms. The van der Waals surface area contributed by atoms with Gasteiger partial charge in [-0.2, -0.15) is 25.3 Å². The van der Waals surface area contributed by atoms with Crippen LogP contribution in [0.1, 0.15) is 0 Å². The molecule has 0 rings (SSSR count). The molecule has 0 aliphatic carbocycles. The maximum atomic E-state index is 9.44. The summed E-state index contributed by atoms with van der Waals surface area (Å²) >= 11 is 0. The van der Waals surface area contributed by atoms with Gasteiger partial charge >= 0.3 is 88.3 Å². The molecule has 0 radical (unpaired) electrons. The van der Waals surface area contributed by atoms with Crippen molar-refractivity contribution >= 4 is 106 Å². The summed E-state index contributed by atoms with van der Waals surface area (Å²) in [6.45, 7) is 0. The zero-order chi connectivity index (χ0) is 20.4. The predicted molar refractivity (Wildman–Crippen MR) is 81.0 cm³/mol. The Kier molecular flexibility index (Phi) is 22.9. The molecule has 0 saturated carbocycles. The molecule has 0 spiro atoms. The molecule has 26 heavy (non-hydrogen) atoms. The van der Waals surface area contributed by atoms with Crippen molar-refractivity contribution in [2.45, 2.75) is 0 Å². The van der Waals surface area contributed by atoms with Crippen molar-refractivity contribution in [3.8, 4) is 0 Å². The van der Waals surface area contributed by atoms with E-state index in [1.54, 1.807) is 0 Å². The Morgan fingerprint density at radius 1 is 0.538 bits per heavy atom. The standard InChI is InChI=1S/Al.Na.3H2O6SSi.4H/c;;3*1-7(2,3)6-8(4)5;;;;/h;;3*4H,(H,1,2,3);;;;. The van der Waals surface area contributed by atoms with E-state index in [0.717, 1.165) is 0 Å². The molecule has 0 aliphatic heterocycles. The van der Waals surface area contributed by atoms with Crippen molar-refractivity contribution in [2.24, 2.45) is 0 Å². The minimum atomic E-state index is -4.74. The summed E-state index contributed by atoms with van der Waals surface area (Å²) in [4.78, 5) is 23.0. The molecular weight excluding hydrogens is 518 g/mol. The van der Waals surface area contributed by atoms with Crippen LogP contribution in [0.4, 0.5) is 0 Å². The van der Waals surface area contributed by atoms with Crippen molar-refractivity contribution in [1.29, 1.82) is 0 Å². The first kappa shape index (κ1) is 36.9. The van der Waals surface area contributed by atoms with Gasteiger partial charge in [0.1, 0.15) is 0 Å². The van der Waals surface area contributed by atoms with Crippen LogP contribution in [0.25, 0.3) is 0 Å². The molecule has 0 saturated heterocycles. The van der Waals surface area contributed by atoms with Crippen LogP contribution in [-0.4, -0.2) is 128 Å². The average molecular weight is 528 g/mol. The van der Waals surface area contributed by atoms with Gasteiger partial charge in [-0.25, -0.2) is 0 Å². The van der Waals surface area contributed by atoms with E-state index in [9.17, 15) is 38.6 Å². The second kappa shape index (κ2) is 16.1. The normalized spacial score (nSPS) is 9.81. The Bertz CT molecular complexity index is 641. The van der Waals surface area contributed by atoms with Crippen molar-refractivity contribution in [2.75, 3.05) is 0 Å². The summed E-state index contributed by atoms with van der Waals surface area (Å²) in [6.07, 6.45) is 0. The first-order chi connectivity index (χ1) is 10.2. The van der Waals surface area contributed by atoms with E-state index < -0.39 is 58.7 Å². The molecule has 18 nitrogen and oxygen atoms in total. The number of hydrogen-bond acceptors (Lipinski definition) is 12. The summed E-state index contributed by atoms with van der Waals surface area (Å²) < 4.78 is 117. The topological polar surface area (TPSA) is 303 Å². The second-order valence-corrected chi connectivity index (χ2v) is 8.49. The van der Waals surface area contributed by atoms with Gasteiger partial charge in [0.25, 0.3) is 0 Å². The maximum absolute atomic E-state index is 9.44. The molecule has 0 aromatic heterocycles. The summed E-state index contributed by atoms with van der Waals surface area (Å²) in [5, 5.41) is 0. The van der Waals surface area contributed by atoms with Gasteiger partial charge in [0.05, 0.1) is 0 Å². The van der Waals surface area contributed by atoms with Crippen molar-refractivity contribution < 1.29 is 78.3 Å². The molecule has 0 heterocycles. The monoisotopic (exact) mass is 528 g/mol. The third kappa shape index (κ3) is 56.4. The third-order valence-electron chi connectivity index (χ3n) is 0.530. The van der Waals surface area contributed by atoms with Gasteiger partial charge in [-0.15, -0.1) is 0 Å². The minimum absolute atomic E-state index is 0. The molecule has 0 aliphatic rings. The van der Waals surface area contributed by atoms with Gasteiger partial charge in [-0.3, -0.25) is 27.0 Å². The van der Waals surface area contributed by atoms with Crippen LogP contribution < -0.4 is 0 Å². The number of rotatable bonds is 6. The fraction of sp³-hybridized carbons (Fsp3) is 0. The molecule has 152 valence electrons. The van der Waals surface area contributed by atoms with Crippen LogP contribution in [0.15, 0.2) is 0 Å².